The Morgan fingerprint density at radius 2 is 2.17 bits per heavy atom. The summed E-state index contributed by atoms with van der Waals surface area (Å²) < 4.78 is 5.86. The molecule has 0 fully saturated rings. The number of hydrogen-bond donors (Lipinski definition) is 1. The fourth-order valence-electron chi connectivity index (χ4n) is 2.15. The van der Waals surface area contributed by atoms with Crippen molar-refractivity contribution < 1.29 is 4.42 Å². The molecular formula is C16H19NO. The molecule has 0 aliphatic rings. The lowest BCUT2D eigenvalue weighted by molar-refractivity contribution is 0.525. The Hall–Kier alpha value is -1.72. The third kappa shape index (κ3) is 2.57. The fourth-order valence-corrected chi connectivity index (χ4v) is 2.15. The Balaban J connectivity index is 2.23. The molecule has 0 aliphatic carbocycles. The van der Waals surface area contributed by atoms with Gasteiger partial charge in [-0.1, -0.05) is 25.1 Å². The van der Waals surface area contributed by atoms with Gasteiger partial charge in [-0.2, -0.15) is 0 Å². The van der Waals surface area contributed by atoms with Crippen LogP contribution in [0, 0.1) is 12.3 Å². The second kappa shape index (κ2) is 5.75. The minimum Gasteiger partial charge on any atom is -0.461 e. The van der Waals surface area contributed by atoms with Gasteiger partial charge in [0.1, 0.15) is 11.3 Å². The molecule has 0 radical (unpaired) electrons. The van der Waals surface area contributed by atoms with Gasteiger partial charge < -0.3 is 9.73 Å². The van der Waals surface area contributed by atoms with Crippen molar-refractivity contribution in [2.75, 3.05) is 0 Å². The molecular weight excluding hydrogens is 222 g/mol. The van der Waals surface area contributed by atoms with E-state index in [0.717, 1.165) is 30.7 Å². The van der Waals surface area contributed by atoms with E-state index in [2.05, 4.69) is 31.2 Å². The number of nitrogens with one attached hydrogen (secondary N) is 1. The van der Waals surface area contributed by atoms with Gasteiger partial charge in [0.15, 0.2) is 0 Å². The van der Waals surface area contributed by atoms with Crippen LogP contribution in [0.2, 0.25) is 0 Å². The summed E-state index contributed by atoms with van der Waals surface area (Å²) in [6.07, 6.45) is 6.98. The van der Waals surface area contributed by atoms with E-state index in [4.69, 9.17) is 10.8 Å². The average Bonchev–Trinajstić information content (AvgIpc) is 2.74. The molecule has 0 bridgehead atoms. The predicted octanol–water partition coefficient (Wildman–Crippen LogP) is 3.50. The molecule has 2 rings (SSSR count). The SMILES string of the molecule is C#CCC(C)NCc1c(CC)oc2ccccc12. The average molecular weight is 241 g/mol. The van der Waals surface area contributed by atoms with E-state index in [9.17, 15) is 0 Å². The predicted molar refractivity (Wildman–Crippen MR) is 75.3 cm³/mol. The molecule has 0 saturated heterocycles. The van der Waals surface area contributed by atoms with E-state index in [1.165, 1.54) is 10.9 Å². The van der Waals surface area contributed by atoms with Gasteiger partial charge in [-0.05, 0) is 13.0 Å². The normalized spacial score (nSPS) is 12.5. The van der Waals surface area contributed by atoms with Gasteiger partial charge in [0, 0.05) is 36.4 Å². The Morgan fingerprint density at radius 3 is 2.89 bits per heavy atom. The van der Waals surface area contributed by atoms with Crippen LogP contribution in [0.4, 0.5) is 0 Å². The van der Waals surface area contributed by atoms with Gasteiger partial charge in [-0.25, -0.2) is 0 Å². The molecule has 18 heavy (non-hydrogen) atoms. The minimum absolute atomic E-state index is 0.327. The molecule has 0 aliphatic heterocycles. The summed E-state index contributed by atoms with van der Waals surface area (Å²) in [7, 11) is 0. The third-order valence-electron chi connectivity index (χ3n) is 3.15. The van der Waals surface area contributed by atoms with Crippen molar-refractivity contribution in [1.29, 1.82) is 0 Å². The van der Waals surface area contributed by atoms with Crippen molar-refractivity contribution in [3.05, 3.63) is 35.6 Å². The zero-order chi connectivity index (χ0) is 13.0. The molecule has 2 aromatic rings. The second-order valence-corrected chi connectivity index (χ2v) is 4.54. The molecule has 0 saturated carbocycles. The van der Waals surface area contributed by atoms with E-state index >= 15 is 0 Å². The van der Waals surface area contributed by atoms with Crippen molar-refractivity contribution in [3.63, 3.8) is 0 Å². The third-order valence-corrected chi connectivity index (χ3v) is 3.15. The molecule has 1 heterocycles. The topological polar surface area (TPSA) is 25.2 Å². The van der Waals surface area contributed by atoms with E-state index in [1.54, 1.807) is 0 Å². The van der Waals surface area contributed by atoms with Crippen molar-refractivity contribution in [1.82, 2.24) is 5.32 Å². The summed E-state index contributed by atoms with van der Waals surface area (Å²) in [6.45, 7) is 5.03. The maximum absolute atomic E-state index is 5.86. The highest BCUT2D eigenvalue weighted by Gasteiger charge is 2.12. The first-order valence-electron chi connectivity index (χ1n) is 6.42. The quantitative estimate of drug-likeness (QED) is 0.810. The van der Waals surface area contributed by atoms with Crippen molar-refractivity contribution in [2.24, 2.45) is 0 Å². The minimum atomic E-state index is 0.327. The lowest BCUT2D eigenvalue weighted by atomic mass is 10.1. The number of terminal acetylenes is 1. The highest BCUT2D eigenvalue weighted by Crippen LogP contribution is 2.26. The Labute approximate surface area is 108 Å². The summed E-state index contributed by atoms with van der Waals surface area (Å²) in [5.41, 5.74) is 2.23. The molecule has 94 valence electrons. The van der Waals surface area contributed by atoms with Crippen molar-refractivity contribution in [2.45, 2.75) is 39.3 Å². The molecule has 2 nitrogen and oxygen atoms in total. The maximum atomic E-state index is 5.86. The van der Waals surface area contributed by atoms with Crippen LogP contribution in [0.25, 0.3) is 11.0 Å². The molecule has 1 aromatic heterocycles. The van der Waals surface area contributed by atoms with Crippen LogP contribution in [-0.4, -0.2) is 6.04 Å². The summed E-state index contributed by atoms with van der Waals surface area (Å²) in [5, 5.41) is 4.65. The number of rotatable bonds is 5. The summed E-state index contributed by atoms with van der Waals surface area (Å²) in [4.78, 5) is 0. The van der Waals surface area contributed by atoms with Gasteiger partial charge in [-0.3, -0.25) is 0 Å². The van der Waals surface area contributed by atoms with Crippen LogP contribution in [-0.2, 0) is 13.0 Å². The number of benzene rings is 1. The first-order valence-corrected chi connectivity index (χ1v) is 6.42. The van der Waals surface area contributed by atoms with Crippen LogP contribution < -0.4 is 5.32 Å². The zero-order valence-corrected chi connectivity index (χ0v) is 11.0. The highest BCUT2D eigenvalue weighted by molar-refractivity contribution is 5.82. The van der Waals surface area contributed by atoms with Crippen LogP contribution in [0.3, 0.4) is 0 Å². The summed E-state index contributed by atoms with van der Waals surface area (Å²) in [6, 6.07) is 8.51. The largest absolute Gasteiger partial charge is 0.461 e. The molecule has 0 amide bonds. The number of para-hydroxylation sites is 1. The van der Waals surface area contributed by atoms with Crippen LogP contribution in [0.5, 0.6) is 0 Å². The molecule has 1 aromatic carbocycles. The van der Waals surface area contributed by atoms with Gasteiger partial charge in [0.25, 0.3) is 0 Å². The first-order chi connectivity index (χ1) is 8.76. The van der Waals surface area contributed by atoms with Crippen LogP contribution in [0.15, 0.2) is 28.7 Å². The van der Waals surface area contributed by atoms with Gasteiger partial charge in [0.2, 0.25) is 0 Å². The van der Waals surface area contributed by atoms with E-state index in [0.29, 0.717) is 6.04 Å². The van der Waals surface area contributed by atoms with Crippen LogP contribution in [0.1, 0.15) is 31.6 Å². The molecule has 1 unspecified atom stereocenters. The van der Waals surface area contributed by atoms with Gasteiger partial charge >= 0.3 is 0 Å². The van der Waals surface area contributed by atoms with Gasteiger partial charge in [-0.15, -0.1) is 12.3 Å². The monoisotopic (exact) mass is 241 g/mol. The van der Waals surface area contributed by atoms with Gasteiger partial charge in [0.05, 0.1) is 0 Å². The fraction of sp³-hybridized carbons (Fsp3) is 0.375. The van der Waals surface area contributed by atoms with E-state index in [1.807, 2.05) is 18.2 Å². The number of furan rings is 1. The van der Waals surface area contributed by atoms with Crippen LogP contribution >= 0.6 is 0 Å². The Kier molecular flexibility index (Phi) is 4.07. The van der Waals surface area contributed by atoms with Crippen molar-refractivity contribution >= 4 is 11.0 Å². The highest BCUT2D eigenvalue weighted by atomic mass is 16.3. The Bertz CT molecular complexity index is 562. The molecule has 2 heteroatoms. The van der Waals surface area contributed by atoms with E-state index < -0.39 is 0 Å². The standard InChI is InChI=1S/C16H19NO/c1-4-8-12(3)17-11-14-13-9-6-7-10-16(13)18-15(14)5-2/h1,6-7,9-10,12,17H,5,8,11H2,2-3H3. The molecule has 0 spiro atoms. The maximum Gasteiger partial charge on any atom is 0.134 e. The Morgan fingerprint density at radius 1 is 1.39 bits per heavy atom. The zero-order valence-electron chi connectivity index (χ0n) is 11.0. The second-order valence-electron chi connectivity index (χ2n) is 4.54. The smallest absolute Gasteiger partial charge is 0.134 e. The van der Waals surface area contributed by atoms with Crippen molar-refractivity contribution in [3.8, 4) is 12.3 Å². The molecule has 1 N–H and O–H groups in total. The number of aryl methyl sites for hydroxylation is 1. The molecule has 1 atom stereocenters. The summed E-state index contributed by atoms with van der Waals surface area (Å²) in [5.74, 6) is 3.74. The lowest BCUT2D eigenvalue weighted by Gasteiger charge is -2.10. The summed E-state index contributed by atoms with van der Waals surface area (Å²) >= 11 is 0. The first kappa shape index (κ1) is 12.7. The van der Waals surface area contributed by atoms with E-state index in [-0.39, 0.29) is 0 Å². The lowest BCUT2D eigenvalue weighted by Crippen LogP contribution is -2.25. The number of hydrogen-bond acceptors (Lipinski definition) is 2. The number of fused-ring (bicyclic) bond motifs is 1.